The number of nitrogens with one attached hydrogen (secondary N) is 2. The summed E-state index contributed by atoms with van der Waals surface area (Å²) >= 11 is 12.2. The van der Waals surface area contributed by atoms with Crippen LogP contribution in [-0.4, -0.2) is 35.8 Å². The summed E-state index contributed by atoms with van der Waals surface area (Å²) in [5.74, 6) is -0.000874. The van der Waals surface area contributed by atoms with Crippen molar-refractivity contribution >= 4 is 41.5 Å². The number of hydrogen-bond acceptors (Lipinski definition) is 3. The van der Waals surface area contributed by atoms with E-state index in [2.05, 4.69) is 15.7 Å². The second-order valence-electron chi connectivity index (χ2n) is 5.64. The van der Waals surface area contributed by atoms with E-state index in [-0.39, 0.29) is 18.3 Å². The third kappa shape index (κ3) is 5.61. The van der Waals surface area contributed by atoms with Gasteiger partial charge in [0.25, 0.3) is 0 Å². The maximum atomic E-state index is 12.1. The van der Waals surface area contributed by atoms with E-state index >= 15 is 0 Å². The largest absolute Gasteiger partial charge is 0.356 e. The standard InChI is InChI=1S/C17H22Cl2N4O.ClH/c1-11-14(10-17(24)21-8-4-7-20-3)12(2)23(22-11)16-6-5-13(18)9-15(16)19;/h5-6,9,20H,4,7-8,10H2,1-3H3,(H,21,24);1H. The summed E-state index contributed by atoms with van der Waals surface area (Å²) < 4.78 is 1.76. The second-order valence-corrected chi connectivity index (χ2v) is 6.48. The van der Waals surface area contributed by atoms with Crippen molar-refractivity contribution in [1.82, 2.24) is 20.4 Å². The molecule has 1 heterocycles. The van der Waals surface area contributed by atoms with Crippen molar-refractivity contribution in [2.24, 2.45) is 0 Å². The Morgan fingerprint density at radius 2 is 1.96 bits per heavy atom. The second kappa shape index (κ2) is 10.0. The monoisotopic (exact) mass is 404 g/mol. The van der Waals surface area contributed by atoms with Crippen LogP contribution >= 0.6 is 35.6 Å². The highest BCUT2D eigenvalue weighted by Gasteiger charge is 2.17. The van der Waals surface area contributed by atoms with Gasteiger partial charge in [0.15, 0.2) is 0 Å². The van der Waals surface area contributed by atoms with Gasteiger partial charge in [0.1, 0.15) is 0 Å². The van der Waals surface area contributed by atoms with Gasteiger partial charge in [0.2, 0.25) is 5.91 Å². The Labute approximate surface area is 164 Å². The maximum Gasteiger partial charge on any atom is 0.224 e. The zero-order valence-corrected chi connectivity index (χ0v) is 16.9. The molecule has 2 rings (SSSR count). The number of nitrogens with zero attached hydrogens (tertiary/aromatic N) is 2. The Hall–Kier alpha value is -1.27. The zero-order valence-electron chi connectivity index (χ0n) is 14.5. The van der Waals surface area contributed by atoms with Gasteiger partial charge < -0.3 is 10.6 Å². The molecule has 1 aromatic carbocycles. The summed E-state index contributed by atoms with van der Waals surface area (Å²) in [4.78, 5) is 12.1. The number of halogens is 3. The lowest BCUT2D eigenvalue weighted by Gasteiger charge is -2.08. The molecule has 0 atom stereocenters. The fraction of sp³-hybridized carbons (Fsp3) is 0.412. The molecule has 0 aliphatic carbocycles. The van der Waals surface area contributed by atoms with Crippen molar-refractivity contribution in [3.63, 3.8) is 0 Å². The van der Waals surface area contributed by atoms with E-state index in [0.717, 1.165) is 35.6 Å². The highest BCUT2D eigenvalue weighted by molar-refractivity contribution is 6.35. The zero-order chi connectivity index (χ0) is 17.7. The number of carbonyl (C=O) groups is 1. The molecule has 2 aromatic rings. The van der Waals surface area contributed by atoms with Gasteiger partial charge in [-0.15, -0.1) is 12.4 Å². The minimum absolute atomic E-state index is 0. The van der Waals surface area contributed by atoms with E-state index in [1.165, 1.54) is 0 Å². The van der Waals surface area contributed by atoms with E-state index < -0.39 is 0 Å². The fourth-order valence-electron chi connectivity index (χ4n) is 2.53. The molecule has 138 valence electrons. The highest BCUT2D eigenvalue weighted by Crippen LogP contribution is 2.27. The molecule has 0 aliphatic heterocycles. The highest BCUT2D eigenvalue weighted by atomic mass is 35.5. The quantitative estimate of drug-likeness (QED) is 0.693. The Bertz CT molecular complexity index is 731. The molecule has 1 amide bonds. The number of amides is 1. The van der Waals surface area contributed by atoms with Crippen molar-refractivity contribution in [2.75, 3.05) is 20.1 Å². The lowest BCUT2D eigenvalue weighted by Crippen LogP contribution is -2.28. The molecule has 0 spiro atoms. The number of hydrogen-bond donors (Lipinski definition) is 2. The number of aromatic nitrogens is 2. The molecule has 0 saturated heterocycles. The summed E-state index contributed by atoms with van der Waals surface area (Å²) in [6.45, 7) is 5.38. The average molecular weight is 406 g/mol. The van der Waals surface area contributed by atoms with E-state index in [0.29, 0.717) is 23.0 Å². The van der Waals surface area contributed by atoms with Gasteiger partial charge in [0.05, 0.1) is 22.8 Å². The normalized spacial score (nSPS) is 10.4. The van der Waals surface area contributed by atoms with Crippen molar-refractivity contribution in [3.05, 3.63) is 45.2 Å². The molecule has 0 fully saturated rings. The molecule has 0 unspecified atom stereocenters. The van der Waals surface area contributed by atoms with E-state index in [4.69, 9.17) is 23.2 Å². The van der Waals surface area contributed by atoms with Crippen LogP contribution in [0.5, 0.6) is 0 Å². The summed E-state index contributed by atoms with van der Waals surface area (Å²) in [6, 6.07) is 5.28. The van der Waals surface area contributed by atoms with Crippen LogP contribution in [0.4, 0.5) is 0 Å². The first kappa shape index (κ1) is 21.8. The van der Waals surface area contributed by atoms with Crippen molar-refractivity contribution in [3.8, 4) is 5.69 Å². The maximum absolute atomic E-state index is 12.1. The summed E-state index contributed by atoms with van der Waals surface area (Å²) in [6.07, 6.45) is 1.21. The average Bonchev–Trinajstić information content (AvgIpc) is 2.80. The van der Waals surface area contributed by atoms with Crippen LogP contribution in [0.3, 0.4) is 0 Å². The Morgan fingerprint density at radius 3 is 2.60 bits per heavy atom. The molecule has 0 radical (unpaired) electrons. The molecule has 0 saturated carbocycles. The van der Waals surface area contributed by atoms with E-state index in [1.807, 2.05) is 27.0 Å². The molecule has 1 aromatic heterocycles. The minimum atomic E-state index is -0.000874. The summed E-state index contributed by atoms with van der Waals surface area (Å²) in [5.41, 5.74) is 3.40. The van der Waals surface area contributed by atoms with Crippen LogP contribution in [0, 0.1) is 13.8 Å². The minimum Gasteiger partial charge on any atom is -0.356 e. The van der Waals surface area contributed by atoms with Gasteiger partial charge >= 0.3 is 0 Å². The SMILES string of the molecule is CNCCCNC(=O)Cc1c(C)nn(-c2ccc(Cl)cc2Cl)c1C.Cl. The van der Waals surface area contributed by atoms with E-state index in [1.54, 1.807) is 16.8 Å². The molecular formula is C17H23Cl3N4O. The predicted octanol–water partition coefficient (Wildman–Crippen LogP) is 3.49. The third-order valence-electron chi connectivity index (χ3n) is 3.84. The lowest BCUT2D eigenvalue weighted by molar-refractivity contribution is -0.120. The first-order valence-corrected chi connectivity index (χ1v) is 8.61. The molecule has 0 aliphatic rings. The van der Waals surface area contributed by atoms with E-state index in [9.17, 15) is 4.79 Å². The first-order valence-electron chi connectivity index (χ1n) is 7.86. The van der Waals surface area contributed by atoms with Crippen LogP contribution in [0.15, 0.2) is 18.2 Å². The van der Waals surface area contributed by atoms with Gasteiger partial charge in [0, 0.05) is 22.8 Å². The first-order chi connectivity index (χ1) is 11.4. The molecule has 2 N–H and O–H groups in total. The number of benzene rings is 1. The molecular weight excluding hydrogens is 383 g/mol. The van der Waals surface area contributed by atoms with Gasteiger partial charge in [-0.05, 0) is 52.1 Å². The molecule has 8 heteroatoms. The Kier molecular flexibility index (Phi) is 8.73. The topological polar surface area (TPSA) is 58.9 Å². The fourth-order valence-corrected chi connectivity index (χ4v) is 3.02. The van der Waals surface area contributed by atoms with Crippen LogP contribution in [0.1, 0.15) is 23.4 Å². The van der Waals surface area contributed by atoms with Crippen molar-refractivity contribution in [2.45, 2.75) is 26.7 Å². The predicted molar refractivity (Wildman–Crippen MR) is 106 cm³/mol. The van der Waals surface area contributed by atoms with Gasteiger partial charge in [-0.2, -0.15) is 5.10 Å². The molecule has 25 heavy (non-hydrogen) atoms. The summed E-state index contributed by atoms with van der Waals surface area (Å²) in [5, 5.41) is 11.6. The van der Waals surface area contributed by atoms with Crippen molar-refractivity contribution < 1.29 is 4.79 Å². The Morgan fingerprint density at radius 1 is 1.24 bits per heavy atom. The van der Waals surface area contributed by atoms with Crippen LogP contribution in [-0.2, 0) is 11.2 Å². The third-order valence-corrected chi connectivity index (χ3v) is 4.38. The van der Waals surface area contributed by atoms with Crippen molar-refractivity contribution in [1.29, 1.82) is 0 Å². The van der Waals surface area contributed by atoms with Gasteiger partial charge in [-0.25, -0.2) is 4.68 Å². The van der Waals surface area contributed by atoms with Gasteiger partial charge in [-0.1, -0.05) is 23.2 Å². The number of rotatable bonds is 7. The van der Waals surface area contributed by atoms with Crippen LogP contribution in [0.25, 0.3) is 5.69 Å². The van der Waals surface area contributed by atoms with Gasteiger partial charge in [-0.3, -0.25) is 4.79 Å². The molecule has 0 bridgehead atoms. The molecule has 5 nitrogen and oxygen atoms in total. The Balaban J connectivity index is 0.00000312. The number of carbonyl (C=O) groups excluding carboxylic acids is 1. The smallest absolute Gasteiger partial charge is 0.224 e. The number of aryl methyl sites for hydroxylation is 1. The lowest BCUT2D eigenvalue weighted by atomic mass is 10.1. The van der Waals surface area contributed by atoms with Crippen LogP contribution in [0.2, 0.25) is 10.0 Å². The van der Waals surface area contributed by atoms with Crippen LogP contribution < -0.4 is 10.6 Å². The summed E-state index contributed by atoms with van der Waals surface area (Å²) in [7, 11) is 1.89.